The summed E-state index contributed by atoms with van der Waals surface area (Å²) in [4.78, 5) is 38.8. The van der Waals surface area contributed by atoms with E-state index in [2.05, 4.69) is 27.1 Å². The lowest BCUT2D eigenvalue weighted by molar-refractivity contribution is 0.0955. The minimum atomic E-state index is -0.250. The molecule has 1 saturated carbocycles. The maximum absolute atomic E-state index is 13.1. The number of Topliss-reactive ketones (excluding diaryl/α,β-unsaturated/α-hetero) is 1. The van der Waals surface area contributed by atoms with Gasteiger partial charge in [0.05, 0.1) is 11.7 Å². The van der Waals surface area contributed by atoms with Gasteiger partial charge >= 0.3 is 6.03 Å². The van der Waals surface area contributed by atoms with E-state index in [9.17, 15) is 9.59 Å². The van der Waals surface area contributed by atoms with Gasteiger partial charge in [-0.15, -0.1) is 0 Å². The van der Waals surface area contributed by atoms with E-state index in [1.807, 2.05) is 24.3 Å². The number of anilines is 3. The number of nitrogens with zero attached hydrogens (tertiary/aromatic N) is 4. The fourth-order valence-electron chi connectivity index (χ4n) is 4.46. The lowest BCUT2D eigenvalue weighted by atomic mass is 9.98. The van der Waals surface area contributed by atoms with Gasteiger partial charge in [-0.3, -0.25) is 15.0 Å². The van der Waals surface area contributed by atoms with Gasteiger partial charge in [-0.1, -0.05) is 13.0 Å². The molecule has 1 aliphatic carbocycles. The molecule has 0 spiro atoms. The maximum atomic E-state index is 13.1. The van der Waals surface area contributed by atoms with Gasteiger partial charge in [-0.25, -0.2) is 14.8 Å². The highest BCUT2D eigenvalue weighted by Crippen LogP contribution is 2.40. The summed E-state index contributed by atoms with van der Waals surface area (Å²) in [6, 6.07) is 8.96. The molecule has 7 nitrogen and oxygen atoms in total. The van der Waals surface area contributed by atoms with Crippen molar-refractivity contribution in [2.75, 3.05) is 28.2 Å². The molecule has 29 heavy (non-hydrogen) atoms. The van der Waals surface area contributed by atoms with E-state index in [1.165, 1.54) is 12.8 Å². The number of hydrogen-bond acceptors (Lipinski definition) is 5. The Morgan fingerprint density at radius 1 is 1.21 bits per heavy atom. The second-order valence-electron chi connectivity index (χ2n) is 8.38. The van der Waals surface area contributed by atoms with Crippen molar-refractivity contribution in [3.63, 3.8) is 0 Å². The van der Waals surface area contributed by atoms with E-state index >= 15 is 0 Å². The van der Waals surface area contributed by atoms with Gasteiger partial charge in [0.1, 0.15) is 11.5 Å². The summed E-state index contributed by atoms with van der Waals surface area (Å²) in [5.74, 6) is 2.22. The molecule has 2 aliphatic heterocycles. The summed E-state index contributed by atoms with van der Waals surface area (Å²) in [5, 5.41) is 2.87. The van der Waals surface area contributed by atoms with Crippen molar-refractivity contribution in [2.45, 2.75) is 38.6 Å². The van der Waals surface area contributed by atoms with Crippen LogP contribution in [0.1, 0.15) is 43.1 Å². The number of nitrogens with one attached hydrogen (secondary N) is 1. The third-order valence-corrected chi connectivity index (χ3v) is 6.29. The predicted octanol–water partition coefficient (Wildman–Crippen LogP) is 3.73. The Kier molecular flexibility index (Phi) is 4.45. The van der Waals surface area contributed by atoms with Gasteiger partial charge in [0.2, 0.25) is 0 Å². The summed E-state index contributed by atoms with van der Waals surface area (Å²) >= 11 is 0. The molecule has 1 saturated heterocycles. The van der Waals surface area contributed by atoms with Crippen molar-refractivity contribution in [1.82, 2.24) is 9.97 Å². The molecule has 5 rings (SSSR count). The fraction of sp³-hybridized carbons (Fsp3) is 0.455. The molecule has 3 aliphatic rings. The van der Waals surface area contributed by atoms with E-state index in [-0.39, 0.29) is 17.9 Å². The lowest BCUT2D eigenvalue weighted by Crippen LogP contribution is -2.48. The molecule has 0 radical (unpaired) electrons. The van der Waals surface area contributed by atoms with Gasteiger partial charge < -0.3 is 4.90 Å². The Hall–Kier alpha value is -2.96. The first kappa shape index (κ1) is 18.1. The van der Waals surface area contributed by atoms with Gasteiger partial charge in [0.15, 0.2) is 11.6 Å². The van der Waals surface area contributed by atoms with Crippen LogP contribution in [0.15, 0.2) is 36.5 Å². The van der Waals surface area contributed by atoms with Gasteiger partial charge in [-0.05, 0) is 55.4 Å². The van der Waals surface area contributed by atoms with Crippen LogP contribution in [0.3, 0.4) is 0 Å². The van der Waals surface area contributed by atoms with Crippen molar-refractivity contribution in [3.8, 4) is 0 Å². The highest BCUT2D eigenvalue weighted by Gasteiger charge is 2.40. The molecule has 2 atom stereocenters. The van der Waals surface area contributed by atoms with Crippen molar-refractivity contribution in [1.29, 1.82) is 0 Å². The van der Waals surface area contributed by atoms with Gasteiger partial charge in [0.25, 0.3) is 0 Å². The largest absolute Gasteiger partial charge is 0.366 e. The number of ketones is 1. The molecule has 4 heterocycles. The molecule has 2 fully saturated rings. The molecule has 2 bridgehead atoms. The number of amides is 2. The van der Waals surface area contributed by atoms with Crippen LogP contribution in [-0.4, -0.2) is 40.9 Å². The average molecular weight is 391 g/mol. The summed E-state index contributed by atoms with van der Waals surface area (Å²) in [7, 11) is 0. The third-order valence-electron chi connectivity index (χ3n) is 6.29. The minimum absolute atomic E-state index is 0.0504. The Morgan fingerprint density at radius 2 is 2.07 bits per heavy atom. The molecule has 2 aromatic rings. The number of carbonyl (C=O) groups is 2. The van der Waals surface area contributed by atoms with Crippen LogP contribution in [-0.2, 0) is 0 Å². The van der Waals surface area contributed by atoms with E-state index in [0.717, 1.165) is 25.2 Å². The molecule has 2 aromatic heterocycles. The molecule has 7 heteroatoms. The molecule has 2 amide bonds. The molecular weight excluding hydrogens is 366 g/mol. The van der Waals surface area contributed by atoms with Crippen LogP contribution in [0.2, 0.25) is 0 Å². The number of urea groups is 1. The van der Waals surface area contributed by atoms with Crippen LogP contribution in [0.4, 0.5) is 22.1 Å². The second-order valence-corrected chi connectivity index (χ2v) is 8.38. The Morgan fingerprint density at radius 3 is 2.83 bits per heavy atom. The van der Waals surface area contributed by atoms with Crippen molar-refractivity contribution in [3.05, 3.63) is 42.2 Å². The Balaban J connectivity index is 1.43. The van der Waals surface area contributed by atoms with Gasteiger partial charge in [0, 0.05) is 25.7 Å². The highest BCUT2D eigenvalue weighted by molar-refractivity contribution is 6.05. The standard InChI is InChI=1S/C22H25N5O2/c1-14(15-5-6-15)12-19(28)17-7-8-18-21(24-17)27(16-9-11-26(18)13-16)22(29)25-20-4-2-3-10-23-20/h2-4,7-8,10,14-16H,5-6,9,11-13H2,1H3,(H,23,25,29)/t14-,16+/m1/s1. The number of rotatable bonds is 5. The SMILES string of the molecule is C[C@H](CC(=O)c1ccc2c(n1)N(C(=O)Nc1ccccn1)[C@H]1CCN2C1)C1CC1. The molecule has 150 valence electrons. The van der Waals surface area contributed by atoms with E-state index < -0.39 is 0 Å². The van der Waals surface area contributed by atoms with E-state index in [0.29, 0.717) is 35.6 Å². The molecule has 1 N–H and O–H groups in total. The molecule has 0 aromatic carbocycles. The van der Waals surface area contributed by atoms with Gasteiger partial charge in [-0.2, -0.15) is 0 Å². The molecule has 0 unspecified atom stereocenters. The van der Waals surface area contributed by atoms with Crippen LogP contribution >= 0.6 is 0 Å². The zero-order chi connectivity index (χ0) is 20.0. The molecular formula is C22H25N5O2. The zero-order valence-electron chi connectivity index (χ0n) is 16.5. The quantitative estimate of drug-likeness (QED) is 0.786. The first-order valence-electron chi connectivity index (χ1n) is 10.4. The summed E-state index contributed by atoms with van der Waals surface area (Å²) in [6.07, 6.45) is 5.50. The summed E-state index contributed by atoms with van der Waals surface area (Å²) in [6.45, 7) is 3.82. The monoisotopic (exact) mass is 391 g/mol. The van der Waals surface area contributed by atoms with E-state index in [1.54, 1.807) is 17.2 Å². The number of aromatic nitrogens is 2. The topological polar surface area (TPSA) is 78.4 Å². The first-order valence-corrected chi connectivity index (χ1v) is 10.4. The third kappa shape index (κ3) is 3.45. The van der Waals surface area contributed by atoms with Crippen molar-refractivity contribution in [2.24, 2.45) is 11.8 Å². The average Bonchev–Trinajstić information content (AvgIpc) is 3.50. The van der Waals surface area contributed by atoms with Crippen LogP contribution in [0, 0.1) is 11.8 Å². The number of hydrogen-bond donors (Lipinski definition) is 1. The normalized spacial score (nSPS) is 20.9. The van der Waals surface area contributed by atoms with Crippen molar-refractivity contribution < 1.29 is 9.59 Å². The number of pyridine rings is 2. The summed E-state index contributed by atoms with van der Waals surface area (Å²) in [5.41, 5.74) is 1.37. The lowest BCUT2D eigenvalue weighted by Gasteiger charge is -2.35. The maximum Gasteiger partial charge on any atom is 0.329 e. The summed E-state index contributed by atoms with van der Waals surface area (Å²) < 4.78 is 0. The predicted molar refractivity (Wildman–Crippen MR) is 111 cm³/mol. The van der Waals surface area contributed by atoms with Crippen molar-refractivity contribution >= 4 is 29.1 Å². The fourth-order valence-corrected chi connectivity index (χ4v) is 4.46. The zero-order valence-corrected chi connectivity index (χ0v) is 16.5. The van der Waals surface area contributed by atoms with E-state index in [4.69, 9.17) is 0 Å². The number of carbonyl (C=O) groups excluding carboxylic acids is 2. The van der Waals surface area contributed by atoms with Crippen LogP contribution in [0.5, 0.6) is 0 Å². The van der Waals surface area contributed by atoms with Crippen LogP contribution < -0.4 is 15.1 Å². The highest BCUT2D eigenvalue weighted by atomic mass is 16.2. The minimum Gasteiger partial charge on any atom is -0.366 e. The smallest absolute Gasteiger partial charge is 0.329 e. The number of fused-ring (bicyclic) bond motifs is 4. The Labute approximate surface area is 170 Å². The Bertz CT molecular complexity index is 943. The first-order chi connectivity index (χ1) is 14.1. The second kappa shape index (κ2) is 7.13. The van der Waals surface area contributed by atoms with Crippen LogP contribution in [0.25, 0.3) is 0 Å².